The SMILES string of the molecule is CN=C(NCC1CC1)NCC(C)Oc1ccccc1. The fraction of sp³-hybridized carbons (Fsp3) is 0.533. The molecule has 1 aliphatic carbocycles. The summed E-state index contributed by atoms with van der Waals surface area (Å²) in [5.41, 5.74) is 0. The van der Waals surface area contributed by atoms with Crippen LogP contribution in [0.5, 0.6) is 5.75 Å². The Morgan fingerprint density at radius 1 is 1.32 bits per heavy atom. The Kier molecular flexibility index (Phi) is 5.07. The zero-order chi connectivity index (χ0) is 13.5. The van der Waals surface area contributed by atoms with Crippen molar-refractivity contribution in [2.75, 3.05) is 20.1 Å². The van der Waals surface area contributed by atoms with Crippen LogP contribution in [-0.2, 0) is 0 Å². The molecule has 1 atom stereocenters. The van der Waals surface area contributed by atoms with Gasteiger partial charge in [0.1, 0.15) is 11.9 Å². The lowest BCUT2D eigenvalue weighted by atomic mass is 10.3. The van der Waals surface area contributed by atoms with Crippen molar-refractivity contribution in [1.29, 1.82) is 0 Å². The van der Waals surface area contributed by atoms with Gasteiger partial charge in [-0.25, -0.2) is 0 Å². The van der Waals surface area contributed by atoms with Crippen LogP contribution in [0.1, 0.15) is 19.8 Å². The first-order valence-electron chi connectivity index (χ1n) is 6.94. The summed E-state index contributed by atoms with van der Waals surface area (Å²) in [7, 11) is 1.80. The highest BCUT2D eigenvalue weighted by atomic mass is 16.5. The quantitative estimate of drug-likeness (QED) is 0.608. The molecule has 0 saturated heterocycles. The van der Waals surface area contributed by atoms with E-state index in [4.69, 9.17) is 4.74 Å². The molecule has 4 heteroatoms. The molecular formula is C15H23N3O. The maximum absolute atomic E-state index is 5.80. The Labute approximate surface area is 115 Å². The van der Waals surface area contributed by atoms with Crippen molar-refractivity contribution in [2.45, 2.75) is 25.9 Å². The average molecular weight is 261 g/mol. The number of hydrogen-bond acceptors (Lipinski definition) is 2. The molecule has 0 spiro atoms. The second kappa shape index (κ2) is 7.02. The van der Waals surface area contributed by atoms with Crippen molar-refractivity contribution in [3.05, 3.63) is 30.3 Å². The average Bonchev–Trinajstić information content (AvgIpc) is 3.24. The van der Waals surface area contributed by atoms with Crippen LogP contribution in [0.25, 0.3) is 0 Å². The number of guanidine groups is 1. The summed E-state index contributed by atoms with van der Waals surface area (Å²) in [5, 5.41) is 6.62. The van der Waals surface area contributed by atoms with Gasteiger partial charge in [-0.15, -0.1) is 0 Å². The number of para-hydroxylation sites is 1. The monoisotopic (exact) mass is 261 g/mol. The van der Waals surface area contributed by atoms with Crippen molar-refractivity contribution in [1.82, 2.24) is 10.6 Å². The maximum atomic E-state index is 5.80. The highest BCUT2D eigenvalue weighted by molar-refractivity contribution is 5.79. The lowest BCUT2D eigenvalue weighted by Gasteiger charge is -2.17. The largest absolute Gasteiger partial charge is 0.489 e. The third-order valence-corrected chi connectivity index (χ3v) is 3.12. The highest BCUT2D eigenvalue weighted by Gasteiger charge is 2.21. The zero-order valence-corrected chi connectivity index (χ0v) is 11.7. The standard InChI is InChI=1S/C15H23N3O/c1-12(19-14-6-4-3-5-7-14)10-17-15(16-2)18-11-13-8-9-13/h3-7,12-13H,8-11H2,1-2H3,(H2,16,17,18). The first-order chi connectivity index (χ1) is 9.28. The molecule has 0 heterocycles. The molecule has 2 N–H and O–H groups in total. The van der Waals surface area contributed by atoms with Crippen molar-refractivity contribution >= 4 is 5.96 Å². The summed E-state index contributed by atoms with van der Waals surface area (Å²) in [6, 6.07) is 9.88. The van der Waals surface area contributed by atoms with E-state index >= 15 is 0 Å². The molecule has 104 valence electrons. The molecule has 1 unspecified atom stereocenters. The number of ether oxygens (including phenoxy) is 1. The molecule has 1 aliphatic rings. The minimum atomic E-state index is 0.0990. The minimum absolute atomic E-state index is 0.0990. The van der Waals surface area contributed by atoms with E-state index in [0.29, 0.717) is 0 Å². The van der Waals surface area contributed by atoms with Crippen LogP contribution in [0.4, 0.5) is 0 Å². The topological polar surface area (TPSA) is 45.7 Å². The predicted octanol–water partition coefficient (Wildman–Crippen LogP) is 2.03. The third kappa shape index (κ3) is 5.20. The number of nitrogens with one attached hydrogen (secondary N) is 2. The summed E-state index contributed by atoms with van der Waals surface area (Å²) in [6.45, 7) is 3.81. The smallest absolute Gasteiger partial charge is 0.191 e. The molecular weight excluding hydrogens is 238 g/mol. The zero-order valence-electron chi connectivity index (χ0n) is 11.7. The Morgan fingerprint density at radius 2 is 2.05 bits per heavy atom. The molecule has 1 saturated carbocycles. The third-order valence-electron chi connectivity index (χ3n) is 3.12. The van der Waals surface area contributed by atoms with Gasteiger partial charge < -0.3 is 15.4 Å². The molecule has 1 fully saturated rings. The fourth-order valence-electron chi connectivity index (χ4n) is 1.80. The first kappa shape index (κ1) is 13.7. The second-order valence-electron chi connectivity index (χ2n) is 5.02. The van der Waals surface area contributed by atoms with Crippen LogP contribution in [0.2, 0.25) is 0 Å². The predicted molar refractivity (Wildman–Crippen MR) is 78.6 cm³/mol. The molecule has 0 bridgehead atoms. The van der Waals surface area contributed by atoms with Gasteiger partial charge in [-0.1, -0.05) is 18.2 Å². The van der Waals surface area contributed by atoms with Crippen molar-refractivity contribution < 1.29 is 4.74 Å². The molecule has 19 heavy (non-hydrogen) atoms. The molecule has 2 rings (SSSR count). The van der Waals surface area contributed by atoms with Gasteiger partial charge in [0.2, 0.25) is 0 Å². The van der Waals surface area contributed by atoms with Crippen LogP contribution < -0.4 is 15.4 Å². The Bertz CT molecular complexity index is 401. The van der Waals surface area contributed by atoms with E-state index in [1.807, 2.05) is 37.3 Å². The fourth-order valence-corrected chi connectivity index (χ4v) is 1.80. The Morgan fingerprint density at radius 3 is 2.68 bits per heavy atom. The van der Waals surface area contributed by atoms with Gasteiger partial charge in [0.15, 0.2) is 5.96 Å². The first-order valence-corrected chi connectivity index (χ1v) is 6.94. The van der Waals surface area contributed by atoms with E-state index in [9.17, 15) is 0 Å². The van der Waals surface area contributed by atoms with Gasteiger partial charge in [-0.3, -0.25) is 4.99 Å². The number of rotatable bonds is 6. The molecule has 0 radical (unpaired) electrons. The Hall–Kier alpha value is -1.71. The van der Waals surface area contributed by atoms with E-state index in [1.54, 1.807) is 7.05 Å². The lowest BCUT2D eigenvalue weighted by Crippen LogP contribution is -2.42. The second-order valence-corrected chi connectivity index (χ2v) is 5.02. The summed E-state index contributed by atoms with van der Waals surface area (Å²) in [6.07, 6.45) is 2.79. The number of nitrogens with zero attached hydrogens (tertiary/aromatic N) is 1. The van der Waals surface area contributed by atoms with Crippen LogP contribution in [-0.4, -0.2) is 32.2 Å². The van der Waals surface area contributed by atoms with Crippen LogP contribution >= 0.6 is 0 Å². The maximum Gasteiger partial charge on any atom is 0.191 e. The number of hydrogen-bond donors (Lipinski definition) is 2. The van der Waals surface area contributed by atoms with Crippen molar-refractivity contribution in [3.63, 3.8) is 0 Å². The highest BCUT2D eigenvalue weighted by Crippen LogP contribution is 2.27. The molecule has 4 nitrogen and oxygen atoms in total. The van der Waals surface area contributed by atoms with Gasteiger partial charge >= 0.3 is 0 Å². The summed E-state index contributed by atoms with van der Waals surface area (Å²) in [4.78, 5) is 4.21. The van der Waals surface area contributed by atoms with Crippen LogP contribution in [0.15, 0.2) is 35.3 Å². The Balaban J connectivity index is 1.67. The molecule has 1 aromatic carbocycles. The van der Waals surface area contributed by atoms with Crippen molar-refractivity contribution in [3.8, 4) is 5.75 Å². The van der Waals surface area contributed by atoms with Gasteiger partial charge in [-0.05, 0) is 37.8 Å². The van der Waals surface area contributed by atoms with Crippen LogP contribution in [0.3, 0.4) is 0 Å². The van der Waals surface area contributed by atoms with E-state index in [1.165, 1.54) is 12.8 Å². The molecule has 0 aromatic heterocycles. The van der Waals surface area contributed by atoms with Gasteiger partial charge in [0, 0.05) is 13.6 Å². The normalized spacial score (nSPS) is 16.8. The molecule has 1 aromatic rings. The van der Waals surface area contributed by atoms with E-state index in [2.05, 4.69) is 15.6 Å². The van der Waals surface area contributed by atoms with Gasteiger partial charge in [-0.2, -0.15) is 0 Å². The number of aliphatic imine (C=N–C) groups is 1. The van der Waals surface area contributed by atoms with Crippen molar-refractivity contribution in [2.24, 2.45) is 10.9 Å². The van der Waals surface area contributed by atoms with Gasteiger partial charge in [0.25, 0.3) is 0 Å². The summed E-state index contributed by atoms with van der Waals surface area (Å²) < 4.78 is 5.80. The summed E-state index contributed by atoms with van der Waals surface area (Å²) >= 11 is 0. The van der Waals surface area contributed by atoms with Gasteiger partial charge in [0.05, 0.1) is 6.54 Å². The van der Waals surface area contributed by atoms with E-state index < -0.39 is 0 Å². The summed E-state index contributed by atoms with van der Waals surface area (Å²) in [5.74, 6) is 2.60. The van der Waals surface area contributed by atoms with E-state index in [0.717, 1.165) is 30.7 Å². The van der Waals surface area contributed by atoms with Crippen LogP contribution in [0, 0.1) is 5.92 Å². The minimum Gasteiger partial charge on any atom is -0.489 e. The number of benzene rings is 1. The molecule has 0 amide bonds. The lowest BCUT2D eigenvalue weighted by molar-refractivity contribution is 0.224. The molecule has 0 aliphatic heterocycles. The van der Waals surface area contributed by atoms with E-state index in [-0.39, 0.29) is 6.10 Å².